The van der Waals surface area contributed by atoms with Crippen molar-refractivity contribution in [3.63, 3.8) is 0 Å². The Labute approximate surface area is 204 Å². The number of nitrogens with zero attached hydrogens (tertiary/aromatic N) is 1. The number of carbonyl (C=O) groups excluding carboxylic acids is 4. The zero-order chi connectivity index (χ0) is 23.7. The highest BCUT2D eigenvalue weighted by molar-refractivity contribution is 9.11. The number of urea groups is 1. The third-order valence-electron chi connectivity index (χ3n) is 4.62. The van der Waals surface area contributed by atoms with Gasteiger partial charge in [0.15, 0.2) is 5.75 Å². The van der Waals surface area contributed by atoms with Crippen molar-refractivity contribution in [3.05, 3.63) is 86.2 Å². The molecule has 0 spiro atoms. The number of amides is 4. The van der Waals surface area contributed by atoms with E-state index in [2.05, 4.69) is 37.2 Å². The molecule has 166 valence electrons. The molecule has 3 aromatic rings. The Balaban J connectivity index is 1.77. The van der Waals surface area contributed by atoms with Crippen molar-refractivity contribution in [2.75, 3.05) is 4.90 Å². The van der Waals surface area contributed by atoms with E-state index in [0.29, 0.717) is 14.6 Å². The largest absolute Gasteiger partial charge is 0.457 e. The zero-order valence-electron chi connectivity index (χ0n) is 16.9. The summed E-state index contributed by atoms with van der Waals surface area (Å²) in [4.78, 5) is 51.5. The Bertz CT molecular complexity index is 1330. The van der Waals surface area contributed by atoms with Crippen LogP contribution in [0.2, 0.25) is 0 Å². The number of anilines is 1. The fourth-order valence-electron chi connectivity index (χ4n) is 3.15. The number of ether oxygens (including phenoxy) is 1. The molecule has 0 atom stereocenters. The summed E-state index contributed by atoms with van der Waals surface area (Å²) in [6.07, 6.45) is 2.59. The molecule has 2 aromatic carbocycles. The van der Waals surface area contributed by atoms with E-state index in [1.165, 1.54) is 24.5 Å². The Kier molecular flexibility index (Phi) is 6.30. The van der Waals surface area contributed by atoms with Gasteiger partial charge < -0.3 is 9.15 Å². The number of hydrogen-bond donors (Lipinski definition) is 1. The predicted octanol–water partition coefficient (Wildman–Crippen LogP) is 5.00. The lowest BCUT2D eigenvalue weighted by molar-refractivity contribution is -0.122. The number of rotatable bonds is 4. The van der Waals surface area contributed by atoms with Crippen molar-refractivity contribution in [2.45, 2.75) is 6.92 Å². The molecule has 0 unspecified atom stereocenters. The SMILES string of the molecule is Cc1cccc(N2C(=O)NC(=O)/C(=C/c3cc(Br)cc(Br)c3OC(=O)c3ccco3)C2=O)c1. The second kappa shape index (κ2) is 9.16. The van der Waals surface area contributed by atoms with Gasteiger partial charge in [0.2, 0.25) is 5.76 Å². The number of benzene rings is 2. The van der Waals surface area contributed by atoms with E-state index >= 15 is 0 Å². The van der Waals surface area contributed by atoms with Crippen LogP contribution in [-0.2, 0) is 9.59 Å². The topological polar surface area (TPSA) is 106 Å². The van der Waals surface area contributed by atoms with Crippen molar-refractivity contribution >= 4 is 67.4 Å². The van der Waals surface area contributed by atoms with E-state index in [0.717, 1.165) is 10.5 Å². The van der Waals surface area contributed by atoms with E-state index < -0.39 is 23.8 Å². The molecule has 0 radical (unpaired) electrons. The summed E-state index contributed by atoms with van der Waals surface area (Å²) in [5.41, 5.74) is 1.08. The molecule has 1 aliphatic rings. The first-order chi connectivity index (χ1) is 15.7. The Morgan fingerprint density at radius 2 is 1.88 bits per heavy atom. The lowest BCUT2D eigenvalue weighted by Crippen LogP contribution is -2.54. The van der Waals surface area contributed by atoms with Gasteiger partial charge in [0.1, 0.15) is 5.57 Å². The maximum Gasteiger partial charge on any atom is 0.379 e. The summed E-state index contributed by atoms with van der Waals surface area (Å²) in [6, 6.07) is 12.1. The van der Waals surface area contributed by atoms with Gasteiger partial charge >= 0.3 is 12.0 Å². The number of hydrogen-bond acceptors (Lipinski definition) is 6. The van der Waals surface area contributed by atoms with Crippen molar-refractivity contribution in [1.29, 1.82) is 0 Å². The molecule has 4 amide bonds. The monoisotopic (exact) mass is 572 g/mol. The van der Waals surface area contributed by atoms with Crippen LogP contribution >= 0.6 is 31.9 Å². The molecule has 8 nitrogen and oxygen atoms in total. The molecule has 1 fully saturated rings. The summed E-state index contributed by atoms with van der Waals surface area (Å²) >= 11 is 6.68. The summed E-state index contributed by atoms with van der Waals surface area (Å²) in [5.74, 6) is -2.40. The summed E-state index contributed by atoms with van der Waals surface area (Å²) in [6.45, 7) is 1.82. The highest BCUT2D eigenvalue weighted by atomic mass is 79.9. The quantitative estimate of drug-likeness (QED) is 0.204. The fourth-order valence-corrected chi connectivity index (χ4v) is 4.49. The van der Waals surface area contributed by atoms with E-state index in [-0.39, 0.29) is 22.6 Å². The molecular weight excluding hydrogens is 560 g/mol. The van der Waals surface area contributed by atoms with Gasteiger partial charge in [-0.3, -0.25) is 14.9 Å². The van der Waals surface area contributed by atoms with Crippen LogP contribution in [0.1, 0.15) is 21.7 Å². The smallest absolute Gasteiger partial charge is 0.379 e. The van der Waals surface area contributed by atoms with Crippen molar-refractivity contribution in [1.82, 2.24) is 5.32 Å². The van der Waals surface area contributed by atoms with Crippen LogP contribution in [0.5, 0.6) is 5.75 Å². The number of imide groups is 2. The van der Waals surface area contributed by atoms with E-state index in [1.54, 1.807) is 30.3 Å². The number of nitrogens with one attached hydrogen (secondary N) is 1. The lowest BCUT2D eigenvalue weighted by atomic mass is 10.1. The van der Waals surface area contributed by atoms with Crippen LogP contribution in [0.15, 0.2) is 73.7 Å². The molecule has 10 heteroatoms. The molecule has 1 aromatic heterocycles. The molecule has 0 bridgehead atoms. The molecule has 1 saturated heterocycles. The first-order valence-electron chi connectivity index (χ1n) is 9.47. The normalized spacial score (nSPS) is 15.1. The minimum Gasteiger partial charge on any atom is -0.457 e. The number of halogens is 2. The van der Waals surface area contributed by atoms with E-state index in [9.17, 15) is 19.2 Å². The molecule has 0 saturated carbocycles. The molecular formula is C23H14Br2N2O6. The number of esters is 1. The number of barbiturate groups is 1. The van der Waals surface area contributed by atoms with Gasteiger partial charge in [-0.25, -0.2) is 14.5 Å². The van der Waals surface area contributed by atoms with Crippen LogP contribution in [0, 0.1) is 6.92 Å². The predicted molar refractivity (Wildman–Crippen MR) is 126 cm³/mol. The van der Waals surface area contributed by atoms with Crippen LogP contribution in [0.4, 0.5) is 10.5 Å². The summed E-state index contributed by atoms with van der Waals surface area (Å²) < 4.78 is 11.5. The highest BCUT2D eigenvalue weighted by Crippen LogP contribution is 2.35. The lowest BCUT2D eigenvalue weighted by Gasteiger charge is -2.26. The standard InChI is InChI=1S/C23H14Br2N2O6/c1-12-4-2-5-15(8-12)27-21(29)16(20(28)26-23(27)31)10-13-9-14(24)11-17(25)19(13)33-22(30)18-6-3-7-32-18/h2-11H,1H3,(H,26,28,31)/b16-10-. The maximum absolute atomic E-state index is 13.2. The Morgan fingerprint density at radius 3 is 2.58 bits per heavy atom. The number of aryl methyl sites for hydroxylation is 1. The second-order valence-corrected chi connectivity index (χ2v) is 8.74. The fraction of sp³-hybridized carbons (Fsp3) is 0.0435. The average molecular weight is 574 g/mol. The number of carbonyl (C=O) groups is 4. The summed E-state index contributed by atoms with van der Waals surface area (Å²) in [5, 5.41) is 2.17. The van der Waals surface area contributed by atoms with Gasteiger partial charge in [0.05, 0.1) is 16.4 Å². The van der Waals surface area contributed by atoms with Gasteiger partial charge in [0, 0.05) is 10.0 Å². The van der Waals surface area contributed by atoms with Crippen molar-refractivity contribution in [3.8, 4) is 5.75 Å². The van der Waals surface area contributed by atoms with E-state index in [1.807, 2.05) is 13.0 Å². The molecule has 4 rings (SSSR count). The first kappa shape index (κ1) is 22.7. The van der Waals surface area contributed by atoms with Crippen LogP contribution in [0.25, 0.3) is 6.08 Å². The summed E-state index contributed by atoms with van der Waals surface area (Å²) in [7, 11) is 0. The van der Waals surface area contributed by atoms with Gasteiger partial charge in [-0.2, -0.15) is 0 Å². The second-order valence-electron chi connectivity index (χ2n) is 6.97. The number of furan rings is 1. The van der Waals surface area contributed by atoms with Gasteiger partial charge in [-0.1, -0.05) is 28.1 Å². The van der Waals surface area contributed by atoms with Gasteiger partial charge in [0.25, 0.3) is 11.8 Å². The molecule has 1 aliphatic heterocycles. The molecule has 0 aliphatic carbocycles. The van der Waals surface area contributed by atoms with Gasteiger partial charge in [-0.15, -0.1) is 0 Å². The van der Waals surface area contributed by atoms with Crippen LogP contribution in [0.3, 0.4) is 0 Å². The molecule has 1 N–H and O–H groups in total. The maximum atomic E-state index is 13.2. The van der Waals surface area contributed by atoms with Crippen LogP contribution in [-0.4, -0.2) is 23.8 Å². The Morgan fingerprint density at radius 1 is 1.09 bits per heavy atom. The van der Waals surface area contributed by atoms with Crippen molar-refractivity contribution < 1.29 is 28.3 Å². The minimum absolute atomic E-state index is 0.0221. The van der Waals surface area contributed by atoms with Crippen molar-refractivity contribution in [2.24, 2.45) is 0 Å². The van der Waals surface area contributed by atoms with E-state index in [4.69, 9.17) is 9.15 Å². The highest BCUT2D eigenvalue weighted by Gasteiger charge is 2.37. The first-order valence-corrected chi connectivity index (χ1v) is 11.1. The molecule has 33 heavy (non-hydrogen) atoms. The van der Waals surface area contributed by atoms with Gasteiger partial charge in [-0.05, 0) is 70.9 Å². The van der Waals surface area contributed by atoms with Crippen LogP contribution < -0.4 is 15.0 Å². The molecule has 2 heterocycles. The Hall–Kier alpha value is -3.50. The zero-order valence-corrected chi connectivity index (χ0v) is 20.1. The average Bonchev–Trinajstić information content (AvgIpc) is 3.28. The minimum atomic E-state index is -0.867. The third-order valence-corrected chi connectivity index (χ3v) is 5.66. The third kappa shape index (κ3) is 4.67.